The van der Waals surface area contributed by atoms with Gasteiger partial charge in [0.15, 0.2) is 0 Å². The van der Waals surface area contributed by atoms with E-state index in [1.54, 1.807) is 0 Å². The second-order valence-corrected chi connectivity index (χ2v) is 5.81. The summed E-state index contributed by atoms with van der Waals surface area (Å²) in [4.78, 5) is 0. The molecule has 0 aromatic carbocycles. The van der Waals surface area contributed by atoms with Gasteiger partial charge in [0.2, 0.25) is 9.08 Å². The zero-order chi connectivity index (χ0) is 10.3. The van der Waals surface area contributed by atoms with Crippen LogP contribution >= 0.6 is 69.6 Å². The third-order valence-corrected chi connectivity index (χ3v) is 3.56. The fourth-order valence-corrected chi connectivity index (χ4v) is 1.22. The lowest BCUT2D eigenvalue weighted by Gasteiger charge is -2.26. The molecule has 13 heavy (non-hydrogen) atoms. The van der Waals surface area contributed by atoms with Crippen molar-refractivity contribution < 1.29 is 0 Å². The zero-order valence-corrected chi connectivity index (χ0v) is 10.1. The van der Waals surface area contributed by atoms with Crippen molar-refractivity contribution in [1.82, 2.24) is 20.2 Å². The molecule has 4 nitrogen and oxygen atoms in total. The number of alkyl halides is 5. The summed E-state index contributed by atoms with van der Waals surface area (Å²) in [6.07, 6.45) is 0. The lowest BCUT2D eigenvalue weighted by molar-refractivity contribution is 0.521. The van der Waals surface area contributed by atoms with Crippen molar-refractivity contribution in [2.24, 2.45) is 0 Å². The molecule has 0 unspecified atom stereocenters. The van der Waals surface area contributed by atoms with E-state index in [-0.39, 0.29) is 5.28 Å². The van der Waals surface area contributed by atoms with Gasteiger partial charge in [-0.1, -0.05) is 63.1 Å². The molecule has 1 heterocycles. The van der Waals surface area contributed by atoms with Gasteiger partial charge in [0.05, 0.1) is 0 Å². The van der Waals surface area contributed by atoms with Crippen LogP contribution in [0, 0.1) is 0 Å². The largest absolute Gasteiger partial charge is 0.261 e. The quantitative estimate of drug-likeness (QED) is 0.749. The van der Waals surface area contributed by atoms with Crippen molar-refractivity contribution in [1.29, 1.82) is 0 Å². The smallest absolute Gasteiger partial charge is 0.175 e. The van der Waals surface area contributed by atoms with Crippen molar-refractivity contribution in [3.05, 3.63) is 5.28 Å². The van der Waals surface area contributed by atoms with Crippen LogP contribution < -0.4 is 0 Å². The minimum atomic E-state index is -2.00. The standard InChI is InChI=1S/C3Cl6N4/c4-1-10-11-12-13(1)3(8,9)2(5,6)7. The molecule has 0 aliphatic carbocycles. The average molecular weight is 305 g/mol. The summed E-state index contributed by atoms with van der Waals surface area (Å²) in [7, 11) is 0. The van der Waals surface area contributed by atoms with Crippen molar-refractivity contribution in [3.63, 3.8) is 0 Å². The highest BCUT2D eigenvalue weighted by Crippen LogP contribution is 2.49. The van der Waals surface area contributed by atoms with Gasteiger partial charge >= 0.3 is 0 Å². The minimum Gasteiger partial charge on any atom is -0.175 e. The van der Waals surface area contributed by atoms with Gasteiger partial charge in [-0.15, -0.1) is 0 Å². The number of aromatic nitrogens is 4. The first-order valence-electron chi connectivity index (χ1n) is 2.65. The molecule has 0 bridgehead atoms. The molecule has 0 saturated heterocycles. The van der Waals surface area contributed by atoms with E-state index in [4.69, 9.17) is 69.6 Å². The zero-order valence-electron chi connectivity index (χ0n) is 5.56. The second kappa shape index (κ2) is 3.76. The van der Waals surface area contributed by atoms with Crippen molar-refractivity contribution in [2.75, 3.05) is 0 Å². The predicted octanol–water partition coefficient (Wildman–Crippen LogP) is 2.78. The van der Waals surface area contributed by atoms with Gasteiger partial charge in [0, 0.05) is 0 Å². The molecule has 0 spiro atoms. The minimum absolute atomic E-state index is 0.184. The summed E-state index contributed by atoms with van der Waals surface area (Å²) in [5.74, 6) is 0. The molecular weight excluding hydrogens is 305 g/mol. The van der Waals surface area contributed by atoms with E-state index in [9.17, 15) is 0 Å². The van der Waals surface area contributed by atoms with E-state index in [2.05, 4.69) is 15.5 Å². The van der Waals surface area contributed by atoms with Crippen LogP contribution in [0.1, 0.15) is 0 Å². The molecule has 0 fully saturated rings. The van der Waals surface area contributed by atoms with E-state index in [1.807, 2.05) is 0 Å². The van der Waals surface area contributed by atoms with Crippen LogP contribution in [-0.4, -0.2) is 24.0 Å². The maximum atomic E-state index is 5.69. The third-order valence-electron chi connectivity index (χ3n) is 1.04. The molecule has 1 aromatic heterocycles. The van der Waals surface area contributed by atoms with Gasteiger partial charge in [-0.3, -0.25) is 0 Å². The van der Waals surface area contributed by atoms with Crippen molar-refractivity contribution >= 4 is 69.6 Å². The number of halogens is 6. The highest BCUT2D eigenvalue weighted by Gasteiger charge is 2.50. The topological polar surface area (TPSA) is 43.6 Å². The SMILES string of the molecule is Clc1nnnn1C(Cl)(Cl)C(Cl)(Cl)Cl. The lowest BCUT2D eigenvalue weighted by atomic mass is 10.7. The molecule has 1 aromatic rings. The molecular formula is C3Cl6N4. The Bertz CT molecular complexity index is 301. The first kappa shape index (κ1) is 11.9. The number of hydrogen-bond acceptors (Lipinski definition) is 3. The van der Waals surface area contributed by atoms with Crippen molar-refractivity contribution in [3.8, 4) is 0 Å². The monoisotopic (exact) mass is 302 g/mol. The van der Waals surface area contributed by atoms with Gasteiger partial charge in [0.1, 0.15) is 0 Å². The van der Waals surface area contributed by atoms with Gasteiger partial charge < -0.3 is 0 Å². The van der Waals surface area contributed by atoms with Crippen LogP contribution in [0.25, 0.3) is 0 Å². The van der Waals surface area contributed by atoms with E-state index in [1.165, 1.54) is 0 Å². The van der Waals surface area contributed by atoms with E-state index >= 15 is 0 Å². The molecule has 10 heteroatoms. The van der Waals surface area contributed by atoms with Crippen molar-refractivity contribution in [2.45, 2.75) is 8.25 Å². The van der Waals surface area contributed by atoms with Crippen LogP contribution in [0.5, 0.6) is 0 Å². The first-order chi connectivity index (χ1) is 5.77. The summed E-state index contributed by atoms with van der Waals surface area (Å²) < 4.78 is -3.18. The highest BCUT2D eigenvalue weighted by molar-refractivity contribution is 6.74. The Morgan fingerprint density at radius 2 is 1.62 bits per heavy atom. The second-order valence-electron chi connectivity index (χ2n) is 1.90. The summed E-state index contributed by atoms with van der Waals surface area (Å²) >= 11 is 33.3. The molecule has 0 radical (unpaired) electrons. The maximum Gasteiger partial charge on any atom is 0.261 e. The molecule has 0 saturated carbocycles. The maximum absolute atomic E-state index is 5.69. The van der Waals surface area contributed by atoms with E-state index < -0.39 is 8.25 Å². The molecule has 0 atom stereocenters. The summed E-state index contributed by atoms with van der Waals surface area (Å²) in [5.41, 5.74) is 0. The van der Waals surface area contributed by atoms with Crippen LogP contribution in [0.15, 0.2) is 0 Å². The van der Waals surface area contributed by atoms with Crippen LogP contribution in [-0.2, 0) is 4.46 Å². The average Bonchev–Trinajstić information content (AvgIpc) is 2.32. The molecule has 0 aliphatic heterocycles. The Hall–Kier alpha value is 0.810. The Kier molecular flexibility index (Phi) is 3.43. The predicted molar refractivity (Wildman–Crippen MR) is 52.8 cm³/mol. The summed E-state index contributed by atoms with van der Waals surface area (Å²) in [5, 5.41) is 9.68. The van der Waals surface area contributed by atoms with Gasteiger partial charge in [-0.25, -0.2) is 0 Å². The van der Waals surface area contributed by atoms with E-state index in [0.717, 1.165) is 4.68 Å². The Balaban J connectivity index is 3.15. The number of rotatable bonds is 1. The number of tetrazole rings is 1. The molecule has 0 aliphatic rings. The van der Waals surface area contributed by atoms with Crippen LogP contribution in [0.2, 0.25) is 5.28 Å². The van der Waals surface area contributed by atoms with Gasteiger partial charge in [-0.05, 0) is 22.0 Å². The summed E-state index contributed by atoms with van der Waals surface area (Å²) in [6.45, 7) is 0. The Labute approximate surface area is 103 Å². The lowest BCUT2D eigenvalue weighted by Crippen LogP contribution is -2.36. The summed E-state index contributed by atoms with van der Waals surface area (Å²) in [6, 6.07) is 0. The first-order valence-corrected chi connectivity index (χ1v) is 4.92. The molecule has 0 amide bonds. The molecule has 0 N–H and O–H groups in total. The fraction of sp³-hybridized carbons (Fsp3) is 0.667. The highest BCUT2D eigenvalue weighted by atomic mass is 35.6. The van der Waals surface area contributed by atoms with Crippen LogP contribution in [0.4, 0.5) is 0 Å². The van der Waals surface area contributed by atoms with Gasteiger partial charge in [0.25, 0.3) is 4.46 Å². The normalized spacial score (nSPS) is 13.4. The Morgan fingerprint density at radius 3 is 1.92 bits per heavy atom. The molecule has 1 rings (SSSR count). The van der Waals surface area contributed by atoms with Crippen LogP contribution in [0.3, 0.4) is 0 Å². The number of nitrogens with zero attached hydrogens (tertiary/aromatic N) is 4. The molecule has 74 valence electrons. The van der Waals surface area contributed by atoms with E-state index in [0.29, 0.717) is 0 Å². The number of hydrogen-bond donors (Lipinski definition) is 0. The third kappa shape index (κ3) is 2.25. The fourth-order valence-electron chi connectivity index (χ4n) is 0.468. The Morgan fingerprint density at radius 1 is 1.08 bits per heavy atom. The van der Waals surface area contributed by atoms with Gasteiger partial charge in [-0.2, -0.15) is 4.68 Å².